The summed E-state index contributed by atoms with van der Waals surface area (Å²) in [4.78, 5) is 17.7. The molecule has 8 aliphatic carbocycles. The van der Waals surface area contributed by atoms with E-state index >= 15 is 0 Å². The number of fused-ring (bicyclic) bond motifs is 10. The van der Waals surface area contributed by atoms with Gasteiger partial charge in [-0.2, -0.15) is 0 Å². The van der Waals surface area contributed by atoms with Crippen LogP contribution in [-0.4, -0.2) is 33.6 Å². The molecule has 8 saturated carbocycles. The van der Waals surface area contributed by atoms with Gasteiger partial charge in [0.25, 0.3) is 0 Å². The molecule has 22 rings (SSSR count). The van der Waals surface area contributed by atoms with E-state index in [0.29, 0.717) is 17.3 Å². The summed E-state index contributed by atoms with van der Waals surface area (Å²) < 4.78 is 2.38. The first-order valence-corrected chi connectivity index (χ1v) is 33.8. The number of rotatable bonds is 10. The molecule has 0 N–H and O–H groups in total. The van der Waals surface area contributed by atoms with Crippen LogP contribution in [0.5, 0.6) is 0 Å². The molecule has 10 saturated heterocycles. The molecule has 4 aromatic rings. The maximum atomic E-state index is 5.34. The van der Waals surface area contributed by atoms with Crippen LogP contribution in [0.25, 0.3) is 0 Å². The van der Waals surface area contributed by atoms with E-state index in [4.69, 9.17) is 9.97 Å². The number of pyridine rings is 2. The van der Waals surface area contributed by atoms with E-state index in [1.165, 1.54) is 41.1 Å². The molecule has 2 aromatic heterocycles. The van der Waals surface area contributed by atoms with E-state index in [-0.39, 0.29) is 7.92 Å². The van der Waals surface area contributed by atoms with Gasteiger partial charge >= 0.3 is 345 Å². The van der Waals surface area contributed by atoms with Crippen LogP contribution in [0.4, 0.5) is 0 Å². The van der Waals surface area contributed by atoms with Crippen molar-refractivity contribution >= 4 is 26.7 Å². The van der Waals surface area contributed by atoms with Crippen LogP contribution in [0, 0.1) is 47.3 Å². The van der Waals surface area contributed by atoms with Crippen molar-refractivity contribution in [2.75, 3.05) is 12.3 Å². The summed E-state index contributed by atoms with van der Waals surface area (Å²) in [6.07, 6.45) is 23.7. The number of hydrogen-bond acceptors (Lipinski definition) is 2. The summed E-state index contributed by atoms with van der Waals surface area (Å²) in [6.45, 7) is -4.69. The predicted octanol–water partition coefficient (Wildman–Crippen LogP) is 12.4. The van der Waals surface area contributed by atoms with Gasteiger partial charge in [0.15, 0.2) is 0 Å². The van der Waals surface area contributed by atoms with Crippen LogP contribution in [0.1, 0.15) is 75.3 Å². The van der Waals surface area contributed by atoms with Crippen molar-refractivity contribution in [1.29, 1.82) is 0 Å². The molecule has 18 aliphatic rings. The first-order chi connectivity index (χ1) is 28.9. The second-order valence-electron chi connectivity index (χ2n) is 26.4. The molecule has 5 unspecified atom stereocenters. The Labute approximate surface area is 343 Å². The molecule has 59 heavy (non-hydrogen) atoms. The monoisotopic (exact) mass is 852 g/mol. The van der Waals surface area contributed by atoms with Gasteiger partial charge in [-0.25, -0.2) is 0 Å². The van der Waals surface area contributed by atoms with Crippen molar-refractivity contribution in [3.8, 4) is 0 Å². The van der Waals surface area contributed by atoms with Gasteiger partial charge in [-0.05, 0) is 0 Å². The summed E-state index contributed by atoms with van der Waals surface area (Å²) in [5.41, 5.74) is 8.79. The molecule has 5 atom stereocenters. The maximum absolute atomic E-state index is 5.34. The Kier molecular flexibility index (Phi) is 3.29. The average Bonchev–Trinajstić information content (AvgIpc) is 4.22. The third-order valence-electron chi connectivity index (χ3n) is 30.0. The topological polar surface area (TPSA) is 25.8 Å². The molecular formula is C54H58FeN2P2. The van der Waals surface area contributed by atoms with Crippen LogP contribution < -0.4 is 10.9 Å². The summed E-state index contributed by atoms with van der Waals surface area (Å²) in [5.74, 6) is 8.64. The van der Waals surface area contributed by atoms with E-state index in [2.05, 4.69) is 109 Å². The molecule has 2 aromatic carbocycles. The van der Waals surface area contributed by atoms with Gasteiger partial charge in [-0.3, -0.25) is 0 Å². The van der Waals surface area contributed by atoms with Gasteiger partial charge < -0.3 is 0 Å². The van der Waals surface area contributed by atoms with Crippen molar-refractivity contribution in [2.24, 2.45) is 47.3 Å². The molecule has 5 heteroatoms. The Morgan fingerprint density at radius 2 is 0.932 bits per heavy atom. The number of hydrogen-bond donors (Lipinski definition) is 0. The summed E-state index contributed by atoms with van der Waals surface area (Å²) >= 11 is 0. The van der Waals surface area contributed by atoms with Gasteiger partial charge in [0.2, 0.25) is 0 Å². The van der Waals surface area contributed by atoms with E-state index < -0.39 is 14.4 Å². The van der Waals surface area contributed by atoms with Crippen molar-refractivity contribution in [3.05, 3.63) is 121 Å². The minimum atomic E-state index is -4.69. The molecule has 8 bridgehead atoms. The normalized spacial score (nSPS) is 65.6. The second-order valence-corrected chi connectivity index (χ2v) is 53.8. The Morgan fingerprint density at radius 1 is 0.492 bits per heavy atom. The molecule has 302 valence electrons. The fourth-order valence-corrected chi connectivity index (χ4v) is 128. The molecule has 2 nitrogen and oxygen atoms in total. The van der Waals surface area contributed by atoms with Gasteiger partial charge in [0.1, 0.15) is 0 Å². The number of benzene rings is 2. The standard InChI is InChI=1S/C49H53N2P2.C5H5.Fe/c1-3-11-36(12-4-1)43-29-42(30-52(45-15-7-9-17-50-45)46-16-8-10-18-51-46)44(47(43)37-13-5-2-6-14-37)31-53(48-38-21-32-19-33(23-38)24-39(48)22-32)49-40-25-34-20-35(27-40)28-41(49)26-34;1-2-4-5-3-1;/h1-18,29,32-35,38-41,48-49H,19-28,30-31H2;1-5H;. The van der Waals surface area contributed by atoms with Gasteiger partial charge in [-0.1, -0.05) is 0 Å². The first-order valence-electron chi connectivity index (χ1n) is 24.6. The SMILES string of the molecule is c1ccc([C]23[CH]4[C]5(CP(c6ccccn6)c6ccccn6)[C]6(CP(C7C8CC9CC(C8)CC7C9)C7C8CC9CC(C8)CC7C9)[C]2(c2ccccc2)[Fe]45362789[CH]3[CH]2[CH]7[CH]8[CH]39)cc1. The predicted molar refractivity (Wildman–Crippen MR) is 237 cm³/mol. The van der Waals surface area contributed by atoms with Crippen molar-refractivity contribution in [3.63, 3.8) is 0 Å². The summed E-state index contributed by atoms with van der Waals surface area (Å²) in [7, 11) is -0.659. The average molecular weight is 853 g/mol. The van der Waals surface area contributed by atoms with Crippen molar-refractivity contribution < 1.29 is 6.51 Å². The van der Waals surface area contributed by atoms with Gasteiger partial charge in [0, 0.05) is 0 Å². The van der Waals surface area contributed by atoms with E-state index in [1.54, 1.807) is 70.4 Å². The van der Waals surface area contributed by atoms with Crippen LogP contribution in [0.3, 0.4) is 0 Å². The van der Waals surface area contributed by atoms with Crippen LogP contribution in [0.15, 0.2) is 109 Å². The third-order valence-corrected chi connectivity index (χ3v) is 81.8. The Morgan fingerprint density at radius 3 is 1.36 bits per heavy atom. The fourth-order valence-electron chi connectivity index (χ4n) is 33.2. The first kappa shape index (κ1) is 31.0. The minimum absolute atomic E-state index is 0.0344. The number of aromatic nitrogens is 2. The molecule has 12 heterocycles. The van der Waals surface area contributed by atoms with Gasteiger partial charge in [-0.15, -0.1) is 0 Å². The third kappa shape index (κ3) is 1.14. The second kappa shape index (κ2) is 6.25. The zero-order valence-electron chi connectivity index (χ0n) is 34.3. The molecule has 0 amide bonds. The summed E-state index contributed by atoms with van der Waals surface area (Å²) in [5, 5.41) is 0. The molecule has 1 spiro atoms. The molecule has 0 radical (unpaired) electrons. The van der Waals surface area contributed by atoms with Crippen molar-refractivity contribution in [2.45, 2.75) is 122 Å². The molecule has 10 aliphatic heterocycles. The fraction of sp³-hybridized carbons (Fsp3) is 0.593. The van der Waals surface area contributed by atoms with Crippen LogP contribution in [0.2, 0.25) is 37.5 Å². The zero-order chi connectivity index (χ0) is 37.6. The van der Waals surface area contributed by atoms with Crippen LogP contribution in [-0.2, 0) is 15.1 Å². The van der Waals surface area contributed by atoms with E-state index in [0.717, 1.165) is 63.5 Å². The van der Waals surface area contributed by atoms with Crippen LogP contribution >= 0.6 is 15.8 Å². The zero-order valence-corrected chi connectivity index (χ0v) is 37.2. The van der Waals surface area contributed by atoms with Crippen molar-refractivity contribution in [1.82, 2.24) is 9.97 Å². The van der Waals surface area contributed by atoms with E-state index in [1.807, 2.05) is 11.1 Å². The summed E-state index contributed by atoms with van der Waals surface area (Å²) in [6, 6.07) is 39.6. The van der Waals surface area contributed by atoms with E-state index in [9.17, 15) is 0 Å². The number of nitrogens with zero attached hydrogens (tertiary/aromatic N) is 2. The Bertz CT molecular complexity index is 2880. The Balaban J connectivity index is 0.883. The molecule has 18 fully saturated rings. The van der Waals surface area contributed by atoms with Gasteiger partial charge in [0.05, 0.1) is 0 Å². The quantitative estimate of drug-likeness (QED) is 0.117. The Hall–Kier alpha value is -1.88. The molecular weight excluding hydrogens is 794 g/mol.